The van der Waals surface area contributed by atoms with E-state index in [2.05, 4.69) is 45.4 Å². The van der Waals surface area contributed by atoms with Crippen LogP contribution < -0.4 is 5.32 Å². The first-order valence-electron chi connectivity index (χ1n) is 8.51. The predicted molar refractivity (Wildman–Crippen MR) is 105 cm³/mol. The van der Waals surface area contributed by atoms with E-state index in [0.29, 0.717) is 23.5 Å². The zero-order valence-corrected chi connectivity index (χ0v) is 16.0. The second-order valence-electron chi connectivity index (χ2n) is 6.16. The summed E-state index contributed by atoms with van der Waals surface area (Å²) in [6, 6.07) is 12.1. The van der Waals surface area contributed by atoms with E-state index in [1.807, 2.05) is 19.2 Å². The van der Waals surface area contributed by atoms with Gasteiger partial charge in [-0.2, -0.15) is 10.4 Å². The molecule has 7 nitrogen and oxygen atoms in total. The Morgan fingerprint density at radius 3 is 2.81 bits per heavy atom. The van der Waals surface area contributed by atoms with Crippen LogP contribution in [0.1, 0.15) is 30.5 Å². The van der Waals surface area contributed by atoms with Crippen LogP contribution in [0.15, 0.2) is 48.4 Å². The largest absolute Gasteiger partial charge is 0.317 e. The number of aromatic nitrogens is 3. The molecule has 8 heteroatoms. The van der Waals surface area contributed by atoms with Crippen molar-refractivity contribution in [3.63, 3.8) is 0 Å². The van der Waals surface area contributed by atoms with Crippen molar-refractivity contribution in [1.29, 1.82) is 5.26 Å². The molecule has 138 valence electrons. The second-order valence-corrected chi connectivity index (χ2v) is 7.08. The molecule has 1 atom stereocenters. The van der Waals surface area contributed by atoms with Gasteiger partial charge < -0.3 is 5.32 Å². The van der Waals surface area contributed by atoms with E-state index in [4.69, 9.17) is 5.26 Å². The first-order valence-corrected chi connectivity index (χ1v) is 9.39. The van der Waals surface area contributed by atoms with E-state index >= 15 is 0 Å². The normalized spacial score (nSPS) is 11.9. The van der Waals surface area contributed by atoms with E-state index in [1.54, 1.807) is 22.5 Å². The molecule has 0 radical (unpaired) electrons. The average molecular weight is 380 g/mol. The number of carbonyl (C=O) groups is 1. The van der Waals surface area contributed by atoms with Gasteiger partial charge in [-0.25, -0.2) is 9.67 Å². The van der Waals surface area contributed by atoms with Crippen molar-refractivity contribution in [3.8, 4) is 11.8 Å². The average Bonchev–Trinajstić information content (AvgIpc) is 3.37. The van der Waals surface area contributed by atoms with Crippen LogP contribution in [-0.4, -0.2) is 39.2 Å². The maximum atomic E-state index is 12.2. The molecule has 1 N–H and O–H groups in total. The number of thiophene rings is 1. The van der Waals surface area contributed by atoms with E-state index < -0.39 is 0 Å². The lowest BCUT2D eigenvalue weighted by Gasteiger charge is -2.25. The highest BCUT2D eigenvalue weighted by Gasteiger charge is 2.14. The third kappa shape index (κ3) is 4.58. The molecule has 1 aromatic carbocycles. The first-order chi connectivity index (χ1) is 13.1. The molecule has 0 spiro atoms. The number of nitriles is 1. The van der Waals surface area contributed by atoms with E-state index in [0.717, 1.165) is 11.3 Å². The molecule has 1 unspecified atom stereocenters. The van der Waals surface area contributed by atoms with Crippen molar-refractivity contribution >= 4 is 22.2 Å². The summed E-state index contributed by atoms with van der Waals surface area (Å²) in [5.74, 6) is -0.0884. The number of anilines is 1. The molecule has 0 saturated heterocycles. The minimum Gasteiger partial charge on any atom is -0.317 e. The number of carbonyl (C=O) groups excluding carboxylic acids is 1. The fraction of sp³-hybridized carbons (Fsp3) is 0.263. The minimum atomic E-state index is -0.0884. The molecule has 27 heavy (non-hydrogen) atoms. The molecule has 3 aromatic rings. The highest BCUT2D eigenvalue weighted by atomic mass is 32.1. The Balaban J connectivity index is 1.53. The molecule has 0 aliphatic rings. The second kappa shape index (κ2) is 8.58. The fourth-order valence-corrected chi connectivity index (χ4v) is 3.41. The van der Waals surface area contributed by atoms with E-state index in [-0.39, 0.29) is 11.9 Å². The monoisotopic (exact) mass is 380 g/mol. The molecule has 2 heterocycles. The van der Waals surface area contributed by atoms with Gasteiger partial charge in [0, 0.05) is 19.0 Å². The van der Waals surface area contributed by atoms with Crippen molar-refractivity contribution in [3.05, 3.63) is 59.5 Å². The third-order valence-electron chi connectivity index (χ3n) is 4.45. The molecule has 2 aromatic heterocycles. The minimum absolute atomic E-state index is 0.0884. The summed E-state index contributed by atoms with van der Waals surface area (Å²) in [6.07, 6.45) is 3.53. The number of hydrogen-bond acceptors (Lipinski definition) is 6. The number of nitrogens with zero attached hydrogens (tertiary/aromatic N) is 5. The summed E-state index contributed by atoms with van der Waals surface area (Å²) in [5.41, 5.74) is 2.61. The molecule has 0 aliphatic heterocycles. The fourth-order valence-electron chi connectivity index (χ4n) is 2.66. The number of nitrogens with one attached hydrogen (secondary N) is 1. The number of amides is 1. The summed E-state index contributed by atoms with van der Waals surface area (Å²) in [6.45, 7) is 2.72. The zero-order chi connectivity index (χ0) is 19.2. The van der Waals surface area contributed by atoms with Crippen molar-refractivity contribution in [1.82, 2.24) is 19.7 Å². The Labute approximate surface area is 161 Å². The van der Waals surface area contributed by atoms with Gasteiger partial charge in [0.1, 0.15) is 23.7 Å². The summed E-state index contributed by atoms with van der Waals surface area (Å²) in [7, 11) is 2.00. The highest BCUT2D eigenvalue weighted by molar-refractivity contribution is 7.14. The van der Waals surface area contributed by atoms with Gasteiger partial charge in [0.25, 0.3) is 0 Å². The van der Waals surface area contributed by atoms with Gasteiger partial charge in [-0.3, -0.25) is 9.69 Å². The number of benzene rings is 1. The molecule has 3 rings (SSSR count). The summed E-state index contributed by atoms with van der Waals surface area (Å²) >= 11 is 1.36. The lowest BCUT2D eigenvalue weighted by Crippen LogP contribution is -2.27. The Bertz CT molecular complexity index is 926. The van der Waals surface area contributed by atoms with Crippen LogP contribution >= 0.6 is 11.3 Å². The summed E-state index contributed by atoms with van der Waals surface area (Å²) < 4.78 is 1.71. The quantitative estimate of drug-likeness (QED) is 0.680. The van der Waals surface area contributed by atoms with Crippen LogP contribution in [0, 0.1) is 11.3 Å². The van der Waals surface area contributed by atoms with Crippen molar-refractivity contribution in [2.45, 2.75) is 19.4 Å². The molecule has 1 amide bonds. The Morgan fingerprint density at radius 2 is 2.15 bits per heavy atom. The third-order valence-corrected chi connectivity index (χ3v) is 5.28. The van der Waals surface area contributed by atoms with Gasteiger partial charge >= 0.3 is 0 Å². The van der Waals surface area contributed by atoms with Crippen LogP contribution in [0.25, 0.3) is 5.69 Å². The van der Waals surface area contributed by atoms with Gasteiger partial charge in [-0.05, 0) is 43.1 Å². The van der Waals surface area contributed by atoms with Crippen LogP contribution in [0.3, 0.4) is 0 Å². The van der Waals surface area contributed by atoms with Crippen LogP contribution in [-0.2, 0) is 4.79 Å². The maximum absolute atomic E-state index is 12.2. The smallest absolute Gasteiger partial charge is 0.226 e. The van der Waals surface area contributed by atoms with Gasteiger partial charge in [0.2, 0.25) is 5.91 Å². The molecular formula is C19H20N6OS. The zero-order valence-electron chi connectivity index (χ0n) is 15.2. The Kier molecular flexibility index (Phi) is 5.96. The van der Waals surface area contributed by atoms with Crippen molar-refractivity contribution in [2.75, 3.05) is 18.9 Å². The van der Waals surface area contributed by atoms with Crippen molar-refractivity contribution in [2.24, 2.45) is 0 Å². The van der Waals surface area contributed by atoms with Crippen LogP contribution in [0.2, 0.25) is 0 Å². The van der Waals surface area contributed by atoms with E-state index in [9.17, 15) is 4.79 Å². The van der Waals surface area contributed by atoms with Crippen LogP contribution in [0.4, 0.5) is 5.00 Å². The lowest BCUT2D eigenvalue weighted by molar-refractivity contribution is -0.116. The molecule has 0 bridgehead atoms. The summed E-state index contributed by atoms with van der Waals surface area (Å²) in [5, 5.41) is 18.3. The van der Waals surface area contributed by atoms with Gasteiger partial charge in [0.05, 0.1) is 11.3 Å². The standard InChI is InChI=1S/C19H20N6OS/c1-14(15-3-5-17(6-4-15)25-13-21-12-22-25)24(2)9-7-18(26)23-19-16(11-20)8-10-27-19/h3-6,8,10,12-14H,7,9H2,1-2H3,(H,23,26). The molecule has 0 fully saturated rings. The molecule has 0 saturated carbocycles. The number of rotatable bonds is 7. The van der Waals surface area contributed by atoms with Gasteiger partial charge in [0.15, 0.2) is 0 Å². The highest BCUT2D eigenvalue weighted by Crippen LogP contribution is 2.23. The SMILES string of the molecule is CC(c1ccc(-n2cncn2)cc1)N(C)CCC(=O)Nc1sccc1C#N. The molecular weight excluding hydrogens is 360 g/mol. The summed E-state index contributed by atoms with van der Waals surface area (Å²) in [4.78, 5) is 18.2. The van der Waals surface area contributed by atoms with Crippen LogP contribution in [0.5, 0.6) is 0 Å². The van der Waals surface area contributed by atoms with Gasteiger partial charge in [-0.1, -0.05) is 12.1 Å². The molecule has 0 aliphatic carbocycles. The van der Waals surface area contributed by atoms with Crippen molar-refractivity contribution < 1.29 is 4.79 Å². The number of hydrogen-bond donors (Lipinski definition) is 1. The lowest BCUT2D eigenvalue weighted by atomic mass is 10.1. The van der Waals surface area contributed by atoms with E-state index in [1.165, 1.54) is 17.7 Å². The topological polar surface area (TPSA) is 86.8 Å². The first kappa shape index (κ1) is 18.8. The van der Waals surface area contributed by atoms with Gasteiger partial charge in [-0.15, -0.1) is 11.3 Å². The Morgan fingerprint density at radius 1 is 1.37 bits per heavy atom. The maximum Gasteiger partial charge on any atom is 0.226 e. The Hall–Kier alpha value is -3.02. The predicted octanol–water partition coefficient (Wildman–Crippen LogP) is 3.22.